The van der Waals surface area contributed by atoms with Crippen LogP contribution in [0, 0.1) is 11.8 Å². The third-order valence-corrected chi connectivity index (χ3v) is 7.85. The third-order valence-electron chi connectivity index (χ3n) is 3.00. The van der Waals surface area contributed by atoms with Gasteiger partial charge < -0.3 is 8.84 Å². The SMILES string of the molecule is CC(C)(C)[Si](C)(C)OCC#Cc1cnc(Br)o1. The Morgan fingerprint density at radius 3 is 2.59 bits per heavy atom. The molecule has 94 valence electrons. The second-order valence-corrected chi connectivity index (χ2v) is 10.8. The van der Waals surface area contributed by atoms with Gasteiger partial charge in [0, 0.05) is 15.9 Å². The molecular formula is C12H18BrNO2Si. The summed E-state index contributed by atoms with van der Waals surface area (Å²) in [6.07, 6.45) is 1.59. The summed E-state index contributed by atoms with van der Waals surface area (Å²) in [5, 5.41) is 0.212. The molecule has 0 fully saturated rings. The van der Waals surface area contributed by atoms with Crippen molar-refractivity contribution in [2.75, 3.05) is 6.61 Å². The molecule has 1 aromatic rings. The minimum atomic E-state index is -1.70. The number of aromatic nitrogens is 1. The Kier molecular flexibility index (Phi) is 4.59. The molecule has 0 radical (unpaired) electrons. The van der Waals surface area contributed by atoms with Gasteiger partial charge in [0.15, 0.2) is 14.1 Å². The normalized spacial score (nSPS) is 12.1. The van der Waals surface area contributed by atoms with Crippen molar-refractivity contribution < 1.29 is 8.84 Å². The second-order valence-electron chi connectivity index (χ2n) is 5.33. The summed E-state index contributed by atoms with van der Waals surface area (Å²) < 4.78 is 11.1. The zero-order chi connectivity index (χ0) is 13.1. The molecule has 1 heterocycles. The van der Waals surface area contributed by atoms with Crippen LogP contribution in [0.25, 0.3) is 0 Å². The van der Waals surface area contributed by atoms with Crippen molar-refractivity contribution in [2.24, 2.45) is 0 Å². The van der Waals surface area contributed by atoms with Gasteiger partial charge in [-0.25, -0.2) is 4.98 Å². The molecule has 0 unspecified atom stereocenters. The maximum atomic E-state index is 5.91. The van der Waals surface area contributed by atoms with Crippen LogP contribution in [0.15, 0.2) is 15.4 Å². The number of halogens is 1. The lowest BCUT2D eigenvalue weighted by atomic mass is 10.2. The highest BCUT2D eigenvalue weighted by atomic mass is 79.9. The van der Waals surface area contributed by atoms with E-state index in [0.717, 1.165) is 0 Å². The summed E-state index contributed by atoms with van der Waals surface area (Å²) in [4.78, 5) is 4.35. The van der Waals surface area contributed by atoms with E-state index in [9.17, 15) is 0 Å². The zero-order valence-electron chi connectivity index (χ0n) is 10.9. The molecule has 1 aromatic heterocycles. The van der Waals surface area contributed by atoms with Gasteiger partial charge in [-0.15, -0.1) is 0 Å². The monoisotopic (exact) mass is 315 g/mol. The zero-order valence-corrected chi connectivity index (χ0v) is 13.5. The van der Waals surface area contributed by atoms with Crippen LogP contribution in [0.2, 0.25) is 18.1 Å². The highest BCUT2D eigenvalue weighted by molar-refractivity contribution is 9.10. The number of oxazole rings is 1. The van der Waals surface area contributed by atoms with Crippen molar-refractivity contribution in [1.82, 2.24) is 4.98 Å². The van der Waals surface area contributed by atoms with Crippen molar-refractivity contribution >= 4 is 24.2 Å². The fourth-order valence-corrected chi connectivity index (χ4v) is 2.01. The minimum Gasteiger partial charge on any atom is -0.422 e. The summed E-state index contributed by atoms with van der Waals surface area (Å²) in [5.74, 6) is 6.38. The Bertz CT molecular complexity index is 437. The molecule has 0 N–H and O–H groups in total. The number of rotatable bonds is 2. The van der Waals surface area contributed by atoms with Crippen molar-refractivity contribution in [3.05, 3.63) is 16.8 Å². The van der Waals surface area contributed by atoms with Crippen LogP contribution in [-0.4, -0.2) is 19.9 Å². The summed E-state index contributed by atoms with van der Waals surface area (Å²) in [7, 11) is -1.70. The molecule has 0 aliphatic heterocycles. The average molecular weight is 316 g/mol. The quantitative estimate of drug-likeness (QED) is 0.615. The Balaban J connectivity index is 2.51. The van der Waals surface area contributed by atoms with Gasteiger partial charge in [-0.1, -0.05) is 26.7 Å². The largest absolute Gasteiger partial charge is 0.422 e. The Hall–Kier alpha value is -0.573. The minimum absolute atomic E-state index is 0.212. The Morgan fingerprint density at radius 2 is 2.12 bits per heavy atom. The van der Waals surface area contributed by atoms with Crippen LogP contribution in [0.3, 0.4) is 0 Å². The lowest BCUT2D eigenvalue weighted by Crippen LogP contribution is -2.40. The van der Waals surface area contributed by atoms with Gasteiger partial charge in [0.2, 0.25) is 0 Å². The van der Waals surface area contributed by atoms with E-state index >= 15 is 0 Å². The van der Waals surface area contributed by atoms with Gasteiger partial charge in [0.1, 0.15) is 0 Å². The molecule has 0 saturated heterocycles. The van der Waals surface area contributed by atoms with Crippen LogP contribution >= 0.6 is 15.9 Å². The van der Waals surface area contributed by atoms with Crippen molar-refractivity contribution in [3.63, 3.8) is 0 Å². The molecule has 0 bridgehead atoms. The summed E-state index contributed by atoms with van der Waals surface area (Å²) in [6.45, 7) is 11.5. The smallest absolute Gasteiger partial charge is 0.265 e. The molecule has 0 amide bonds. The summed E-state index contributed by atoms with van der Waals surface area (Å²) in [6, 6.07) is 0. The number of hydrogen-bond acceptors (Lipinski definition) is 3. The summed E-state index contributed by atoms with van der Waals surface area (Å²) in [5.41, 5.74) is 0. The molecule has 1 rings (SSSR count). The highest BCUT2D eigenvalue weighted by Gasteiger charge is 2.36. The Labute approximate surface area is 112 Å². The van der Waals surface area contributed by atoms with Crippen molar-refractivity contribution in [3.8, 4) is 11.8 Å². The standard InChI is InChI=1S/C12H18BrNO2Si/c1-12(2,3)17(4,5)15-8-6-7-10-9-14-11(13)16-10/h9H,8H2,1-5H3. The predicted molar refractivity (Wildman–Crippen MR) is 74.2 cm³/mol. The van der Waals surface area contributed by atoms with E-state index in [0.29, 0.717) is 17.2 Å². The topological polar surface area (TPSA) is 35.3 Å². The van der Waals surface area contributed by atoms with Crippen LogP contribution in [0.4, 0.5) is 0 Å². The van der Waals surface area contributed by atoms with Gasteiger partial charge in [0.05, 0.1) is 12.8 Å². The van der Waals surface area contributed by atoms with Gasteiger partial charge >= 0.3 is 0 Å². The van der Waals surface area contributed by atoms with Crippen LogP contribution in [0.5, 0.6) is 0 Å². The predicted octanol–water partition coefficient (Wildman–Crippen LogP) is 3.81. The van der Waals surface area contributed by atoms with E-state index in [1.807, 2.05) is 0 Å². The summed E-state index contributed by atoms with van der Waals surface area (Å²) >= 11 is 3.13. The van der Waals surface area contributed by atoms with E-state index < -0.39 is 8.32 Å². The lowest BCUT2D eigenvalue weighted by molar-refractivity contribution is 0.334. The van der Waals surface area contributed by atoms with Crippen LogP contribution in [-0.2, 0) is 4.43 Å². The number of hydrogen-bond donors (Lipinski definition) is 0. The third kappa shape index (κ3) is 4.30. The molecular weight excluding hydrogens is 298 g/mol. The molecule has 17 heavy (non-hydrogen) atoms. The average Bonchev–Trinajstić information content (AvgIpc) is 2.57. The molecule has 0 aliphatic carbocycles. The molecule has 0 saturated carbocycles. The molecule has 5 heteroatoms. The van der Waals surface area contributed by atoms with Crippen molar-refractivity contribution in [2.45, 2.75) is 38.9 Å². The van der Waals surface area contributed by atoms with Crippen molar-refractivity contribution in [1.29, 1.82) is 0 Å². The van der Waals surface area contributed by atoms with E-state index in [-0.39, 0.29) is 5.04 Å². The van der Waals surface area contributed by atoms with E-state index in [4.69, 9.17) is 8.84 Å². The fraction of sp³-hybridized carbons (Fsp3) is 0.583. The first-order chi connectivity index (χ1) is 7.72. The molecule has 0 aromatic carbocycles. The first-order valence-electron chi connectivity index (χ1n) is 5.46. The molecule has 0 spiro atoms. The maximum absolute atomic E-state index is 5.91. The second kappa shape index (κ2) is 5.38. The first kappa shape index (κ1) is 14.5. The molecule has 0 aliphatic rings. The highest BCUT2D eigenvalue weighted by Crippen LogP contribution is 2.36. The van der Waals surface area contributed by atoms with Gasteiger partial charge in [-0.05, 0) is 24.1 Å². The van der Waals surface area contributed by atoms with E-state index in [2.05, 4.69) is 66.6 Å². The maximum Gasteiger partial charge on any atom is 0.265 e. The fourth-order valence-electron chi connectivity index (χ4n) is 0.867. The van der Waals surface area contributed by atoms with Crippen LogP contribution < -0.4 is 0 Å². The van der Waals surface area contributed by atoms with Gasteiger partial charge in [-0.2, -0.15) is 0 Å². The number of nitrogens with zero attached hydrogens (tertiary/aromatic N) is 1. The van der Waals surface area contributed by atoms with Crippen LogP contribution in [0.1, 0.15) is 26.5 Å². The molecule has 3 nitrogen and oxygen atoms in total. The lowest BCUT2D eigenvalue weighted by Gasteiger charge is -2.35. The van der Waals surface area contributed by atoms with E-state index in [1.165, 1.54) is 0 Å². The Morgan fingerprint density at radius 1 is 1.47 bits per heavy atom. The molecule has 0 atom stereocenters. The first-order valence-corrected chi connectivity index (χ1v) is 9.17. The van der Waals surface area contributed by atoms with Gasteiger partial charge in [-0.3, -0.25) is 0 Å². The van der Waals surface area contributed by atoms with E-state index in [1.54, 1.807) is 6.20 Å². The van der Waals surface area contributed by atoms with Gasteiger partial charge in [0.25, 0.3) is 4.80 Å².